The fourth-order valence-electron chi connectivity index (χ4n) is 1.57. The summed E-state index contributed by atoms with van der Waals surface area (Å²) in [6, 6.07) is 12.2. The highest BCUT2D eigenvalue weighted by molar-refractivity contribution is 5.92. The molecule has 0 unspecified atom stereocenters. The molecule has 0 atom stereocenters. The summed E-state index contributed by atoms with van der Waals surface area (Å²) in [5.74, 6) is -0.524. The number of anilines is 1. The van der Waals surface area contributed by atoms with Crippen molar-refractivity contribution in [3.63, 3.8) is 0 Å². The number of aromatic hydroxyl groups is 1. The first-order valence-electron chi connectivity index (χ1n) is 5.47. The highest BCUT2D eigenvalue weighted by atomic mass is 19.1. The maximum absolute atomic E-state index is 12.7. The van der Waals surface area contributed by atoms with E-state index in [-0.39, 0.29) is 23.9 Å². The molecule has 0 bridgehead atoms. The van der Waals surface area contributed by atoms with E-state index in [1.807, 2.05) is 0 Å². The van der Waals surface area contributed by atoms with Crippen molar-refractivity contribution in [3.8, 4) is 5.75 Å². The number of benzene rings is 2. The summed E-state index contributed by atoms with van der Waals surface area (Å²) in [5.41, 5.74) is 1.08. The fraction of sp³-hybridized carbons (Fsp3) is 0.0714. The van der Waals surface area contributed by atoms with Gasteiger partial charge < -0.3 is 10.4 Å². The third kappa shape index (κ3) is 3.07. The molecule has 4 heteroatoms. The number of para-hydroxylation sites is 1. The summed E-state index contributed by atoms with van der Waals surface area (Å²) in [6.07, 6.45) is 0.0735. The van der Waals surface area contributed by atoms with Gasteiger partial charge in [0.2, 0.25) is 5.91 Å². The van der Waals surface area contributed by atoms with Crippen molar-refractivity contribution in [1.29, 1.82) is 0 Å². The highest BCUT2D eigenvalue weighted by Gasteiger charge is 2.07. The second-order valence-corrected chi connectivity index (χ2v) is 3.86. The van der Waals surface area contributed by atoms with Crippen LogP contribution in [0, 0.1) is 5.82 Å². The topological polar surface area (TPSA) is 49.3 Å². The molecule has 0 saturated carbocycles. The smallest absolute Gasteiger partial charge is 0.228 e. The zero-order valence-corrected chi connectivity index (χ0v) is 9.56. The van der Waals surface area contributed by atoms with Crippen LogP contribution in [0.1, 0.15) is 5.56 Å². The van der Waals surface area contributed by atoms with E-state index in [0.29, 0.717) is 11.3 Å². The van der Waals surface area contributed by atoms with E-state index >= 15 is 0 Å². The van der Waals surface area contributed by atoms with Crippen LogP contribution in [0.5, 0.6) is 5.75 Å². The second kappa shape index (κ2) is 5.31. The lowest BCUT2D eigenvalue weighted by Crippen LogP contribution is -2.14. The molecule has 2 aromatic carbocycles. The number of phenolic OH excluding ortho intramolecular Hbond substituents is 1. The predicted octanol–water partition coefficient (Wildman–Crippen LogP) is 2.71. The number of rotatable bonds is 3. The minimum Gasteiger partial charge on any atom is -0.508 e. The van der Waals surface area contributed by atoms with Crippen LogP contribution in [-0.4, -0.2) is 11.0 Å². The molecule has 0 spiro atoms. The molecule has 92 valence electrons. The lowest BCUT2D eigenvalue weighted by Gasteiger charge is -2.06. The number of halogens is 1. The Bertz CT molecular complexity index is 552. The van der Waals surface area contributed by atoms with Gasteiger partial charge in [0.1, 0.15) is 11.6 Å². The third-order valence-corrected chi connectivity index (χ3v) is 2.47. The number of phenols is 1. The molecule has 0 aliphatic heterocycles. The summed E-state index contributed by atoms with van der Waals surface area (Å²) in [7, 11) is 0. The number of hydrogen-bond donors (Lipinski definition) is 2. The van der Waals surface area contributed by atoms with Crippen molar-refractivity contribution in [2.75, 3.05) is 5.32 Å². The Morgan fingerprint density at radius 2 is 1.78 bits per heavy atom. The quantitative estimate of drug-likeness (QED) is 0.873. The average Bonchev–Trinajstić information content (AvgIpc) is 2.35. The normalized spacial score (nSPS) is 10.1. The van der Waals surface area contributed by atoms with Gasteiger partial charge in [-0.05, 0) is 30.3 Å². The van der Waals surface area contributed by atoms with Crippen molar-refractivity contribution < 1.29 is 14.3 Å². The third-order valence-electron chi connectivity index (χ3n) is 2.47. The van der Waals surface area contributed by atoms with Gasteiger partial charge >= 0.3 is 0 Å². The molecule has 2 rings (SSSR count). The van der Waals surface area contributed by atoms with Crippen LogP contribution in [0.15, 0.2) is 48.5 Å². The minimum atomic E-state index is -0.353. The van der Waals surface area contributed by atoms with Crippen molar-refractivity contribution in [2.45, 2.75) is 6.42 Å². The fourth-order valence-corrected chi connectivity index (χ4v) is 1.57. The number of amides is 1. The van der Waals surface area contributed by atoms with Crippen LogP contribution in [0.2, 0.25) is 0 Å². The Hall–Kier alpha value is -2.36. The van der Waals surface area contributed by atoms with Gasteiger partial charge in [-0.2, -0.15) is 0 Å². The molecular formula is C14H12FNO2. The van der Waals surface area contributed by atoms with Gasteiger partial charge in [0.25, 0.3) is 0 Å². The van der Waals surface area contributed by atoms with E-state index in [2.05, 4.69) is 5.32 Å². The SMILES string of the molecule is O=C(Cc1ccccc1O)Nc1ccc(F)cc1. The first-order valence-corrected chi connectivity index (χ1v) is 5.47. The van der Waals surface area contributed by atoms with Gasteiger partial charge in [0.15, 0.2) is 0 Å². The molecule has 2 N–H and O–H groups in total. The molecule has 3 nitrogen and oxygen atoms in total. The summed E-state index contributed by atoms with van der Waals surface area (Å²) in [4.78, 5) is 11.7. The molecule has 0 aliphatic rings. The van der Waals surface area contributed by atoms with E-state index in [9.17, 15) is 14.3 Å². The Morgan fingerprint density at radius 3 is 2.44 bits per heavy atom. The van der Waals surface area contributed by atoms with Gasteiger partial charge in [-0.15, -0.1) is 0 Å². The van der Waals surface area contributed by atoms with Crippen LogP contribution in [0.4, 0.5) is 10.1 Å². The van der Waals surface area contributed by atoms with Crippen molar-refractivity contribution in [1.82, 2.24) is 0 Å². The lowest BCUT2D eigenvalue weighted by atomic mass is 10.1. The molecule has 1 amide bonds. The lowest BCUT2D eigenvalue weighted by molar-refractivity contribution is -0.115. The standard InChI is InChI=1S/C14H12FNO2/c15-11-5-7-12(8-6-11)16-14(18)9-10-3-1-2-4-13(10)17/h1-8,17H,9H2,(H,16,18). The van der Waals surface area contributed by atoms with Gasteiger partial charge in [0.05, 0.1) is 6.42 Å². The summed E-state index contributed by atoms with van der Waals surface area (Å²) < 4.78 is 12.7. The molecule has 0 fully saturated rings. The van der Waals surface area contributed by atoms with Gasteiger partial charge in [-0.3, -0.25) is 4.79 Å². The molecule has 18 heavy (non-hydrogen) atoms. The summed E-state index contributed by atoms with van der Waals surface area (Å²) in [5, 5.41) is 12.2. The maximum atomic E-state index is 12.7. The van der Waals surface area contributed by atoms with Crippen molar-refractivity contribution in [3.05, 3.63) is 59.9 Å². The maximum Gasteiger partial charge on any atom is 0.228 e. The van der Waals surface area contributed by atoms with Crippen LogP contribution in [-0.2, 0) is 11.2 Å². The molecule has 0 radical (unpaired) electrons. The number of nitrogens with one attached hydrogen (secondary N) is 1. The predicted molar refractivity (Wildman–Crippen MR) is 66.8 cm³/mol. The van der Waals surface area contributed by atoms with E-state index in [0.717, 1.165) is 0 Å². The van der Waals surface area contributed by atoms with Crippen LogP contribution in [0.25, 0.3) is 0 Å². The Labute approximate surface area is 104 Å². The first kappa shape index (κ1) is 12.1. The molecule has 0 saturated heterocycles. The molecule has 0 heterocycles. The van der Waals surface area contributed by atoms with Crippen LogP contribution >= 0.6 is 0 Å². The Kier molecular flexibility index (Phi) is 3.57. The van der Waals surface area contributed by atoms with Crippen molar-refractivity contribution >= 4 is 11.6 Å². The average molecular weight is 245 g/mol. The Morgan fingerprint density at radius 1 is 1.11 bits per heavy atom. The molecule has 0 aromatic heterocycles. The number of carbonyl (C=O) groups excluding carboxylic acids is 1. The van der Waals surface area contributed by atoms with Crippen LogP contribution in [0.3, 0.4) is 0 Å². The van der Waals surface area contributed by atoms with E-state index in [1.165, 1.54) is 30.3 Å². The number of hydrogen-bond acceptors (Lipinski definition) is 2. The van der Waals surface area contributed by atoms with E-state index in [1.54, 1.807) is 18.2 Å². The van der Waals surface area contributed by atoms with Gasteiger partial charge in [-0.1, -0.05) is 18.2 Å². The second-order valence-electron chi connectivity index (χ2n) is 3.86. The van der Waals surface area contributed by atoms with E-state index < -0.39 is 0 Å². The minimum absolute atomic E-state index is 0.0735. The zero-order valence-electron chi connectivity index (χ0n) is 9.56. The Balaban J connectivity index is 2.01. The summed E-state index contributed by atoms with van der Waals surface area (Å²) in [6.45, 7) is 0. The van der Waals surface area contributed by atoms with E-state index in [4.69, 9.17) is 0 Å². The van der Waals surface area contributed by atoms with Gasteiger partial charge in [-0.25, -0.2) is 4.39 Å². The first-order chi connectivity index (χ1) is 8.65. The molecule has 0 aliphatic carbocycles. The zero-order chi connectivity index (χ0) is 13.0. The van der Waals surface area contributed by atoms with Crippen molar-refractivity contribution in [2.24, 2.45) is 0 Å². The molecular weight excluding hydrogens is 233 g/mol. The number of carbonyl (C=O) groups is 1. The summed E-state index contributed by atoms with van der Waals surface area (Å²) >= 11 is 0. The molecule has 2 aromatic rings. The highest BCUT2D eigenvalue weighted by Crippen LogP contribution is 2.17. The largest absolute Gasteiger partial charge is 0.508 e. The monoisotopic (exact) mass is 245 g/mol. The van der Waals surface area contributed by atoms with Crippen LogP contribution < -0.4 is 5.32 Å². The van der Waals surface area contributed by atoms with Gasteiger partial charge in [0, 0.05) is 11.3 Å².